The van der Waals surface area contributed by atoms with Gasteiger partial charge in [-0.2, -0.15) is 11.8 Å². The Kier molecular flexibility index (Phi) is 4.90. The lowest BCUT2D eigenvalue weighted by Crippen LogP contribution is -2.37. The van der Waals surface area contributed by atoms with Crippen LogP contribution in [0.25, 0.3) is 0 Å². The summed E-state index contributed by atoms with van der Waals surface area (Å²) in [6.07, 6.45) is 2.42. The van der Waals surface area contributed by atoms with Crippen LogP contribution >= 0.6 is 11.8 Å². The fourth-order valence-corrected chi connectivity index (χ4v) is 2.96. The number of amides is 1. The summed E-state index contributed by atoms with van der Waals surface area (Å²) in [6.45, 7) is 10.2. The average Bonchev–Trinajstić information content (AvgIpc) is 2.35. The minimum Gasteiger partial charge on any atom is -0.342 e. The van der Waals surface area contributed by atoms with Crippen LogP contribution in [0.1, 0.15) is 47.0 Å². The molecule has 0 unspecified atom stereocenters. The van der Waals surface area contributed by atoms with Crippen molar-refractivity contribution in [3.05, 3.63) is 0 Å². The van der Waals surface area contributed by atoms with Gasteiger partial charge in [-0.25, -0.2) is 0 Å². The van der Waals surface area contributed by atoms with Gasteiger partial charge in [0.25, 0.3) is 0 Å². The molecule has 100 valence electrons. The summed E-state index contributed by atoms with van der Waals surface area (Å²) >= 11 is 1.97. The van der Waals surface area contributed by atoms with E-state index >= 15 is 0 Å². The van der Waals surface area contributed by atoms with Crippen molar-refractivity contribution in [3.63, 3.8) is 0 Å². The molecule has 0 aliphatic carbocycles. The number of nitrogens with two attached hydrogens (primary N) is 1. The number of carbonyl (C=O) groups excluding carboxylic acids is 1. The predicted octanol–water partition coefficient (Wildman–Crippen LogP) is 2.25. The smallest absolute Gasteiger partial charge is 0.222 e. The second-order valence-corrected chi connectivity index (χ2v) is 8.03. The Morgan fingerprint density at radius 1 is 1.41 bits per heavy atom. The van der Waals surface area contributed by atoms with Crippen molar-refractivity contribution in [3.8, 4) is 0 Å². The number of carbonyl (C=O) groups is 1. The molecule has 2 N–H and O–H groups in total. The molecule has 1 heterocycles. The predicted molar refractivity (Wildman–Crippen MR) is 75.2 cm³/mol. The third kappa shape index (κ3) is 5.77. The molecule has 4 heteroatoms. The summed E-state index contributed by atoms with van der Waals surface area (Å²) in [5.41, 5.74) is 5.67. The fourth-order valence-electron chi connectivity index (χ4n) is 1.86. The molecule has 1 aliphatic heterocycles. The van der Waals surface area contributed by atoms with Crippen molar-refractivity contribution in [2.75, 3.05) is 18.8 Å². The second-order valence-electron chi connectivity index (χ2n) is 6.23. The first-order valence-electron chi connectivity index (χ1n) is 6.40. The van der Waals surface area contributed by atoms with E-state index in [9.17, 15) is 4.79 Å². The van der Waals surface area contributed by atoms with Crippen LogP contribution in [0, 0.1) is 0 Å². The Morgan fingerprint density at radius 2 is 2.06 bits per heavy atom. The maximum absolute atomic E-state index is 12.1. The largest absolute Gasteiger partial charge is 0.342 e. The number of nitrogens with zero attached hydrogens (tertiary/aromatic N) is 1. The third-order valence-corrected chi connectivity index (χ3v) is 4.55. The van der Waals surface area contributed by atoms with Crippen LogP contribution in [0.3, 0.4) is 0 Å². The molecule has 1 aliphatic rings. The summed E-state index contributed by atoms with van der Waals surface area (Å²) in [5, 5.41) is 0. The van der Waals surface area contributed by atoms with Gasteiger partial charge in [0.05, 0.1) is 0 Å². The summed E-state index contributed by atoms with van der Waals surface area (Å²) in [6, 6.07) is 0. The lowest BCUT2D eigenvalue weighted by molar-refractivity contribution is -0.131. The van der Waals surface area contributed by atoms with Crippen molar-refractivity contribution >= 4 is 17.7 Å². The molecule has 0 aromatic heterocycles. The Hall–Kier alpha value is -0.220. The van der Waals surface area contributed by atoms with Gasteiger partial charge in [0.2, 0.25) is 5.91 Å². The van der Waals surface area contributed by atoms with E-state index in [4.69, 9.17) is 5.73 Å². The molecule has 0 aromatic rings. The van der Waals surface area contributed by atoms with Gasteiger partial charge in [0.1, 0.15) is 0 Å². The third-order valence-electron chi connectivity index (χ3n) is 3.17. The summed E-state index contributed by atoms with van der Waals surface area (Å²) in [7, 11) is 0. The average molecular weight is 258 g/mol. The number of rotatable bonds is 3. The van der Waals surface area contributed by atoms with Crippen LogP contribution in [-0.2, 0) is 4.79 Å². The van der Waals surface area contributed by atoms with E-state index in [0.29, 0.717) is 11.2 Å². The summed E-state index contributed by atoms with van der Waals surface area (Å²) in [4.78, 5) is 14.1. The molecule has 0 spiro atoms. The Labute approximate surface area is 109 Å². The van der Waals surface area contributed by atoms with Crippen molar-refractivity contribution in [2.45, 2.75) is 57.2 Å². The van der Waals surface area contributed by atoms with E-state index in [1.165, 1.54) is 0 Å². The molecule has 0 atom stereocenters. The van der Waals surface area contributed by atoms with Crippen LogP contribution in [0.5, 0.6) is 0 Å². The molecule has 1 fully saturated rings. The van der Waals surface area contributed by atoms with Crippen LogP contribution in [0.4, 0.5) is 0 Å². The first-order valence-corrected chi connectivity index (χ1v) is 7.39. The number of thioether (sulfide) groups is 1. The highest BCUT2D eigenvalue weighted by Gasteiger charge is 2.26. The highest BCUT2D eigenvalue weighted by molar-refractivity contribution is 8.00. The highest BCUT2D eigenvalue weighted by atomic mass is 32.2. The molecule has 0 saturated carbocycles. The first-order chi connectivity index (χ1) is 7.70. The molecular weight excluding hydrogens is 232 g/mol. The van der Waals surface area contributed by atoms with Gasteiger partial charge in [0, 0.05) is 35.5 Å². The van der Waals surface area contributed by atoms with E-state index < -0.39 is 0 Å². The van der Waals surface area contributed by atoms with Gasteiger partial charge >= 0.3 is 0 Å². The second kappa shape index (κ2) is 5.61. The van der Waals surface area contributed by atoms with Gasteiger partial charge < -0.3 is 10.6 Å². The Morgan fingerprint density at radius 3 is 2.65 bits per heavy atom. The zero-order valence-corrected chi connectivity index (χ0v) is 12.4. The lowest BCUT2D eigenvalue weighted by Gasteiger charge is -2.24. The van der Waals surface area contributed by atoms with Gasteiger partial charge in [-0.1, -0.05) is 13.8 Å². The van der Waals surface area contributed by atoms with Gasteiger partial charge in [0.15, 0.2) is 0 Å². The normalized spacial score (nSPS) is 21.1. The van der Waals surface area contributed by atoms with Crippen molar-refractivity contribution in [2.24, 2.45) is 5.73 Å². The van der Waals surface area contributed by atoms with E-state index in [1.54, 1.807) is 0 Å². The molecule has 0 bridgehead atoms. The molecule has 1 amide bonds. The molecular formula is C13H26N2OS. The maximum Gasteiger partial charge on any atom is 0.222 e. The maximum atomic E-state index is 12.1. The molecule has 0 radical (unpaired) electrons. The summed E-state index contributed by atoms with van der Waals surface area (Å²) < 4.78 is 0.308. The molecule has 1 saturated heterocycles. The monoisotopic (exact) mass is 258 g/mol. The zero-order valence-electron chi connectivity index (χ0n) is 11.6. The topological polar surface area (TPSA) is 46.3 Å². The number of hydrogen-bond acceptors (Lipinski definition) is 3. The lowest BCUT2D eigenvalue weighted by atomic mass is 9.99. The highest BCUT2D eigenvalue weighted by Crippen LogP contribution is 2.30. The first kappa shape index (κ1) is 14.8. The Balaban J connectivity index is 2.42. The SMILES string of the molecule is CC(C)(N)CCC(=O)N1CCSC(C)(C)CC1. The fraction of sp³-hybridized carbons (Fsp3) is 0.923. The van der Waals surface area contributed by atoms with Gasteiger partial charge in [-0.05, 0) is 26.7 Å². The van der Waals surface area contributed by atoms with Crippen LogP contribution in [0.15, 0.2) is 0 Å². The molecule has 3 nitrogen and oxygen atoms in total. The van der Waals surface area contributed by atoms with Crippen LogP contribution < -0.4 is 5.73 Å². The standard InChI is InChI=1S/C13H26N2OS/c1-12(2,14)6-5-11(16)15-8-7-13(3,4)17-10-9-15/h5-10,14H2,1-4H3. The van der Waals surface area contributed by atoms with Crippen LogP contribution in [0.2, 0.25) is 0 Å². The van der Waals surface area contributed by atoms with Crippen molar-refractivity contribution in [1.29, 1.82) is 0 Å². The van der Waals surface area contributed by atoms with E-state index in [-0.39, 0.29) is 11.4 Å². The molecule has 1 rings (SSSR count). The quantitative estimate of drug-likeness (QED) is 0.844. The summed E-state index contributed by atoms with van der Waals surface area (Å²) in [5.74, 6) is 1.31. The Bertz CT molecular complexity index is 271. The molecule has 17 heavy (non-hydrogen) atoms. The van der Waals surface area contributed by atoms with Crippen LogP contribution in [-0.4, -0.2) is 39.9 Å². The van der Waals surface area contributed by atoms with E-state index in [1.807, 2.05) is 30.5 Å². The van der Waals surface area contributed by atoms with Gasteiger partial charge in [-0.3, -0.25) is 4.79 Å². The van der Waals surface area contributed by atoms with Crippen molar-refractivity contribution < 1.29 is 4.79 Å². The molecule has 0 aromatic carbocycles. The minimum absolute atomic E-state index is 0.241. The van der Waals surface area contributed by atoms with Crippen molar-refractivity contribution in [1.82, 2.24) is 4.90 Å². The van der Waals surface area contributed by atoms with Gasteiger partial charge in [-0.15, -0.1) is 0 Å². The van der Waals surface area contributed by atoms with E-state index in [0.717, 1.165) is 31.7 Å². The zero-order chi connectivity index (χ0) is 13.1. The minimum atomic E-state index is -0.241. The van der Waals surface area contributed by atoms with E-state index in [2.05, 4.69) is 13.8 Å². The number of hydrogen-bond donors (Lipinski definition) is 1.